The smallest absolute Gasteiger partial charge is 0.118 e. The Labute approximate surface area is 84.0 Å². The highest BCUT2D eigenvalue weighted by atomic mass is 16.5. The van der Waals surface area contributed by atoms with Gasteiger partial charge in [-0.25, -0.2) is 0 Å². The van der Waals surface area contributed by atoms with Crippen molar-refractivity contribution < 1.29 is 14.9 Å². The van der Waals surface area contributed by atoms with Crippen molar-refractivity contribution in [2.45, 2.75) is 25.6 Å². The molecule has 14 heavy (non-hydrogen) atoms. The maximum Gasteiger partial charge on any atom is 0.118 e. The van der Waals surface area contributed by atoms with Gasteiger partial charge in [-0.05, 0) is 31.5 Å². The molecule has 1 unspecified atom stereocenters. The molecule has 0 aliphatic rings. The molecular formula is C11H16O3. The lowest BCUT2D eigenvalue weighted by Gasteiger charge is -2.24. The maximum absolute atomic E-state index is 9.73. The quantitative estimate of drug-likeness (QED) is 0.770. The SMILES string of the molecule is COc1ccc(C(O)C(C)(C)O)cc1. The number of methoxy groups -OCH3 is 1. The Morgan fingerprint density at radius 2 is 1.71 bits per heavy atom. The van der Waals surface area contributed by atoms with E-state index in [-0.39, 0.29) is 0 Å². The summed E-state index contributed by atoms with van der Waals surface area (Å²) in [4.78, 5) is 0. The Morgan fingerprint density at radius 1 is 1.21 bits per heavy atom. The van der Waals surface area contributed by atoms with Crippen molar-refractivity contribution in [1.82, 2.24) is 0 Å². The Hall–Kier alpha value is -1.06. The molecule has 78 valence electrons. The molecule has 0 aliphatic heterocycles. The summed E-state index contributed by atoms with van der Waals surface area (Å²) in [6, 6.07) is 6.98. The van der Waals surface area contributed by atoms with E-state index in [1.807, 2.05) is 0 Å². The molecule has 3 heteroatoms. The summed E-state index contributed by atoms with van der Waals surface area (Å²) >= 11 is 0. The van der Waals surface area contributed by atoms with Gasteiger partial charge in [0.1, 0.15) is 11.9 Å². The summed E-state index contributed by atoms with van der Waals surface area (Å²) in [5, 5.41) is 19.3. The molecule has 0 aliphatic carbocycles. The molecule has 1 rings (SSSR count). The van der Waals surface area contributed by atoms with E-state index < -0.39 is 11.7 Å². The molecule has 1 aromatic rings. The average Bonchev–Trinajstić information content (AvgIpc) is 2.15. The fourth-order valence-corrected chi connectivity index (χ4v) is 1.19. The Kier molecular flexibility index (Phi) is 3.13. The van der Waals surface area contributed by atoms with E-state index in [9.17, 15) is 10.2 Å². The van der Waals surface area contributed by atoms with Crippen LogP contribution in [0.3, 0.4) is 0 Å². The highest BCUT2D eigenvalue weighted by Gasteiger charge is 2.25. The molecule has 2 N–H and O–H groups in total. The molecule has 1 aromatic carbocycles. The van der Waals surface area contributed by atoms with Crippen LogP contribution in [0.1, 0.15) is 25.5 Å². The van der Waals surface area contributed by atoms with Gasteiger partial charge < -0.3 is 14.9 Å². The van der Waals surface area contributed by atoms with Crippen LogP contribution in [0.5, 0.6) is 5.75 Å². The van der Waals surface area contributed by atoms with Crippen LogP contribution in [-0.2, 0) is 0 Å². The molecule has 0 saturated heterocycles. The van der Waals surface area contributed by atoms with Gasteiger partial charge >= 0.3 is 0 Å². The topological polar surface area (TPSA) is 49.7 Å². The first kappa shape index (κ1) is 11.0. The standard InChI is InChI=1S/C11H16O3/c1-11(2,13)10(12)8-4-6-9(14-3)7-5-8/h4-7,10,12-13H,1-3H3. The second kappa shape index (κ2) is 3.98. The van der Waals surface area contributed by atoms with Gasteiger partial charge in [-0.3, -0.25) is 0 Å². The van der Waals surface area contributed by atoms with Crippen LogP contribution in [0, 0.1) is 0 Å². The molecule has 0 amide bonds. The largest absolute Gasteiger partial charge is 0.497 e. The summed E-state index contributed by atoms with van der Waals surface area (Å²) in [7, 11) is 1.58. The minimum atomic E-state index is -1.13. The Morgan fingerprint density at radius 3 is 2.07 bits per heavy atom. The first-order valence-electron chi connectivity index (χ1n) is 4.49. The molecule has 1 atom stereocenters. The second-order valence-electron chi connectivity index (χ2n) is 3.83. The number of hydrogen-bond donors (Lipinski definition) is 2. The van der Waals surface area contributed by atoms with Crippen molar-refractivity contribution in [3.63, 3.8) is 0 Å². The van der Waals surface area contributed by atoms with Gasteiger partial charge in [0, 0.05) is 0 Å². The predicted octanol–water partition coefficient (Wildman–Crippen LogP) is 1.50. The van der Waals surface area contributed by atoms with E-state index in [1.165, 1.54) is 0 Å². The van der Waals surface area contributed by atoms with Crippen LogP contribution in [0.25, 0.3) is 0 Å². The van der Waals surface area contributed by atoms with Gasteiger partial charge in [-0.15, -0.1) is 0 Å². The van der Waals surface area contributed by atoms with Crippen LogP contribution < -0.4 is 4.74 Å². The van der Waals surface area contributed by atoms with Crippen molar-refractivity contribution >= 4 is 0 Å². The lowest BCUT2D eigenvalue weighted by atomic mass is 9.95. The van der Waals surface area contributed by atoms with E-state index in [0.29, 0.717) is 5.56 Å². The third kappa shape index (κ3) is 2.47. The maximum atomic E-state index is 9.73. The summed E-state index contributed by atoms with van der Waals surface area (Å²) in [6.45, 7) is 3.14. The minimum absolute atomic E-state index is 0.679. The van der Waals surface area contributed by atoms with E-state index >= 15 is 0 Å². The highest BCUT2D eigenvalue weighted by Crippen LogP contribution is 2.26. The van der Waals surface area contributed by atoms with Crippen molar-refractivity contribution in [2.75, 3.05) is 7.11 Å². The van der Waals surface area contributed by atoms with Gasteiger partial charge in [0.2, 0.25) is 0 Å². The second-order valence-corrected chi connectivity index (χ2v) is 3.83. The van der Waals surface area contributed by atoms with Crippen molar-refractivity contribution in [3.05, 3.63) is 29.8 Å². The van der Waals surface area contributed by atoms with E-state index in [1.54, 1.807) is 45.2 Å². The molecule has 0 bridgehead atoms. The molecule has 0 radical (unpaired) electrons. The fraction of sp³-hybridized carbons (Fsp3) is 0.455. The third-order valence-electron chi connectivity index (χ3n) is 2.10. The van der Waals surface area contributed by atoms with Gasteiger partial charge in [0.05, 0.1) is 12.7 Å². The molecule has 3 nitrogen and oxygen atoms in total. The first-order valence-corrected chi connectivity index (χ1v) is 4.49. The van der Waals surface area contributed by atoms with Gasteiger partial charge in [-0.1, -0.05) is 12.1 Å². The van der Waals surface area contributed by atoms with Crippen LogP contribution in [0.2, 0.25) is 0 Å². The zero-order chi connectivity index (χ0) is 10.8. The van der Waals surface area contributed by atoms with E-state index in [4.69, 9.17) is 4.74 Å². The van der Waals surface area contributed by atoms with Gasteiger partial charge in [0.25, 0.3) is 0 Å². The predicted molar refractivity (Wildman–Crippen MR) is 54.3 cm³/mol. The number of ether oxygens (including phenoxy) is 1. The first-order chi connectivity index (χ1) is 6.45. The Bertz CT molecular complexity index is 284. The molecule has 0 fully saturated rings. The monoisotopic (exact) mass is 196 g/mol. The third-order valence-corrected chi connectivity index (χ3v) is 2.10. The lowest BCUT2D eigenvalue weighted by Crippen LogP contribution is -2.28. The average molecular weight is 196 g/mol. The fourth-order valence-electron chi connectivity index (χ4n) is 1.19. The van der Waals surface area contributed by atoms with Crippen molar-refractivity contribution in [2.24, 2.45) is 0 Å². The molecule has 0 aromatic heterocycles. The summed E-state index contributed by atoms with van der Waals surface area (Å²) in [6.07, 6.45) is -0.881. The number of benzene rings is 1. The lowest BCUT2D eigenvalue weighted by molar-refractivity contribution is -0.0497. The number of hydrogen-bond acceptors (Lipinski definition) is 3. The molecular weight excluding hydrogens is 180 g/mol. The number of rotatable bonds is 3. The normalized spacial score (nSPS) is 13.8. The number of aliphatic hydroxyl groups is 2. The van der Waals surface area contributed by atoms with E-state index in [0.717, 1.165) is 5.75 Å². The number of aliphatic hydroxyl groups excluding tert-OH is 1. The minimum Gasteiger partial charge on any atom is -0.497 e. The van der Waals surface area contributed by atoms with Crippen LogP contribution in [-0.4, -0.2) is 22.9 Å². The summed E-state index contributed by atoms with van der Waals surface area (Å²) in [5.74, 6) is 0.733. The van der Waals surface area contributed by atoms with Gasteiger partial charge in [0.15, 0.2) is 0 Å². The van der Waals surface area contributed by atoms with Crippen LogP contribution in [0.4, 0.5) is 0 Å². The van der Waals surface area contributed by atoms with Crippen molar-refractivity contribution in [3.8, 4) is 5.75 Å². The Balaban J connectivity index is 2.87. The zero-order valence-corrected chi connectivity index (χ0v) is 8.69. The van der Waals surface area contributed by atoms with E-state index in [2.05, 4.69) is 0 Å². The highest BCUT2D eigenvalue weighted by molar-refractivity contribution is 5.29. The summed E-state index contributed by atoms with van der Waals surface area (Å²) in [5.41, 5.74) is -0.451. The summed E-state index contributed by atoms with van der Waals surface area (Å²) < 4.78 is 4.99. The molecule has 0 spiro atoms. The van der Waals surface area contributed by atoms with Crippen LogP contribution in [0.15, 0.2) is 24.3 Å². The van der Waals surface area contributed by atoms with Gasteiger partial charge in [-0.2, -0.15) is 0 Å². The zero-order valence-electron chi connectivity index (χ0n) is 8.69. The molecule has 0 heterocycles. The van der Waals surface area contributed by atoms with Crippen molar-refractivity contribution in [1.29, 1.82) is 0 Å². The molecule has 0 saturated carbocycles. The van der Waals surface area contributed by atoms with Crippen LogP contribution >= 0.6 is 0 Å².